The molecule has 0 spiro atoms. The second-order valence-electron chi connectivity index (χ2n) is 5.77. The smallest absolute Gasteiger partial charge is 0.0343 e. The molecule has 1 rings (SSSR count). The minimum Gasteiger partial charge on any atom is -0.293 e. The summed E-state index contributed by atoms with van der Waals surface area (Å²) in [5.74, 6) is 0. The van der Waals surface area contributed by atoms with Gasteiger partial charge in [0, 0.05) is 12.1 Å². The summed E-state index contributed by atoms with van der Waals surface area (Å²) in [6.07, 6.45) is 15.3. The van der Waals surface area contributed by atoms with Gasteiger partial charge in [-0.05, 0) is 44.1 Å². The zero-order valence-electron chi connectivity index (χ0n) is 12.8. The summed E-state index contributed by atoms with van der Waals surface area (Å²) in [6.45, 7) is 21.9. The topological polar surface area (TPSA) is 3.24 Å². The van der Waals surface area contributed by atoms with Crippen LogP contribution in [0.1, 0.15) is 32.1 Å². The normalized spacial score (nSPS) is 20.2. The van der Waals surface area contributed by atoms with Crippen molar-refractivity contribution in [2.45, 2.75) is 37.6 Å². The first kappa shape index (κ1) is 16.7. The first-order valence-corrected chi connectivity index (χ1v) is 7.46. The van der Waals surface area contributed by atoms with Crippen LogP contribution >= 0.6 is 0 Å². The Kier molecular flexibility index (Phi) is 6.22. The monoisotopic (exact) mass is 271 g/mol. The van der Waals surface area contributed by atoms with Crippen LogP contribution in [0.4, 0.5) is 0 Å². The lowest BCUT2D eigenvalue weighted by Crippen LogP contribution is -2.53. The molecule has 1 heteroatoms. The molecule has 1 fully saturated rings. The molecule has 0 bridgehead atoms. The molecule has 0 aliphatic carbocycles. The van der Waals surface area contributed by atoms with Crippen LogP contribution in [0.25, 0.3) is 0 Å². The summed E-state index contributed by atoms with van der Waals surface area (Å²) in [5.41, 5.74) is 0.245. The highest BCUT2D eigenvalue weighted by molar-refractivity contribution is 5.18. The first-order chi connectivity index (χ1) is 9.66. The third kappa shape index (κ3) is 2.73. The van der Waals surface area contributed by atoms with Gasteiger partial charge in [0.15, 0.2) is 0 Å². The maximum absolute atomic E-state index is 3.99. The van der Waals surface area contributed by atoms with Crippen molar-refractivity contribution in [2.75, 3.05) is 13.1 Å². The minimum atomic E-state index is 0.0626. The van der Waals surface area contributed by atoms with Gasteiger partial charge in [0.05, 0.1) is 0 Å². The molecule has 1 heterocycles. The molecule has 0 atom stereocenters. The SMILES string of the molecule is C=CCN1CCC(CC=C)(CC=C)C1(CC=C)CC=C. The van der Waals surface area contributed by atoms with Crippen molar-refractivity contribution in [1.82, 2.24) is 4.90 Å². The highest BCUT2D eigenvalue weighted by Crippen LogP contribution is 2.54. The van der Waals surface area contributed by atoms with E-state index < -0.39 is 0 Å². The van der Waals surface area contributed by atoms with Crippen molar-refractivity contribution in [3.8, 4) is 0 Å². The summed E-state index contributed by atoms with van der Waals surface area (Å²) in [4.78, 5) is 2.55. The molecule has 1 nitrogen and oxygen atoms in total. The van der Waals surface area contributed by atoms with E-state index in [1.165, 1.54) is 6.42 Å². The highest BCUT2D eigenvalue weighted by Gasteiger charge is 2.55. The fourth-order valence-electron chi connectivity index (χ4n) is 4.03. The molecule has 110 valence electrons. The van der Waals surface area contributed by atoms with Crippen molar-refractivity contribution < 1.29 is 0 Å². The molecule has 1 saturated heterocycles. The molecule has 0 saturated carbocycles. The van der Waals surface area contributed by atoms with Gasteiger partial charge in [0.2, 0.25) is 0 Å². The van der Waals surface area contributed by atoms with Crippen LogP contribution in [0.2, 0.25) is 0 Å². The lowest BCUT2D eigenvalue weighted by atomic mass is 9.62. The minimum absolute atomic E-state index is 0.0626. The van der Waals surface area contributed by atoms with Crippen LogP contribution in [-0.4, -0.2) is 23.5 Å². The second-order valence-corrected chi connectivity index (χ2v) is 5.77. The molecule has 1 aliphatic rings. The molecule has 0 aromatic heterocycles. The molecule has 0 N–H and O–H groups in total. The predicted octanol–water partition coefficient (Wildman–Crippen LogP) is 4.91. The van der Waals surface area contributed by atoms with Crippen molar-refractivity contribution >= 4 is 0 Å². The molecule has 0 amide bonds. The fraction of sp³-hybridized carbons (Fsp3) is 0.474. The van der Waals surface area contributed by atoms with Gasteiger partial charge in [-0.2, -0.15) is 0 Å². The number of allylic oxidation sites excluding steroid dienone is 2. The van der Waals surface area contributed by atoms with Gasteiger partial charge in [-0.3, -0.25) is 4.90 Å². The number of hydrogen-bond donors (Lipinski definition) is 0. The van der Waals surface area contributed by atoms with E-state index >= 15 is 0 Å². The summed E-state index contributed by atoms with van der Waals surface area (Å²) in [7, 11) is 0. The lowest BCUT2D eigenvalue weighted by molar-refractivity contribution is 0.0474. The van der Waals surface area contributed by atoms with E-state index in [9.17, 15) is 0 Å². The van der Waals surface area contributed by atoms with E-state index in [0.717, 1.165) is 38.8 Å². The van der Waals surface area contributed by atoms with Crippen LogP contribution in [0.3, 0.4) is 0 Å². The average molecular weight is 271 g/mol. The summed E-state index contributed by atoms with van der Waals surface area (Å²) in [6, 6.07) is 0. The predicted molar refractivity (Wildman–Crippen MR) is 90.8 cm³/mol. The highest BCUT2D eigenvalue weighted by atomic mass is 15.2. The van der Waals surface area contributed by atoms with Crippen molar-refractivity contribution in [3.05, 3.63) is 63.3 Å². The van der Waals surface area contributed by atoms with E-state index in [-0.39, 0.29) is 11.0 Å². The van der Waals surface area contributed by atoms with Crippen LogP contribution in [0.5, 0.6) is 0 Å². The molecular weight excluding hydrogens is 242 g/mol. The van der Waals surface area contributed by atoms with Crippen LogP contribution in [0.15, 0.2) is 63.3 Å². The Bertz CT molecular complexity index is 357. The third-order valence-corrected chi connectivity index (χ3v) is 4.84. The zero-order valence-corrected chi connectivity index (χ0v) is 12.8. The zero-order chi connectivity index (χ0) is 15.1. The quantitative estimate of drug-likeness (QED) is 0.510. The van der Waals surface area contributed by atoms with Crippen molar-refractivity contribution in [1.29, 1.82) is 0 Å². The second kappa shape index (κ2) is 7.44. The Morgan fingerprint density at radius 2 is 1.25 bits per heavy atom. The van der Waals surface area contributed by atoms with Gasteiger partial charge < -0.3 is 0 Å². The number of hydrogen-bond acceptors (Lipinski definition) is 1. The summed E-state index contributed by atoms with van der Waals surface area (Å²) >= 11 is 0. The Morgan fingerprint density at radius 1 is 0.750 bits per heavy atom. The van der Waals surface area contributed by atoms with Crippen LogP contribution in [0, 0.1) is 5.41 Å². The number of rotatable bonds is 10. The summed E-state index contributed by atoms with van der Waals surface area (Å²) < 4.78 is 0. The molecule has 20 heavy (non-hydrogen) atoms. The van der Waals surface area contributed by atoms with Crippen LogP contribution < -0.4 is 0 Å². The Hall–Kier alpha value is -1.34. The molecule has 0 unspecified atom stereocenters. The largest absolute Gasteiger partial charge is 0.293 e. The Morgan fingerprint density at radius 3 is 1.65 bits per heavy atom. The number of likely N-dealkylation sites (tertiary alicyclic amines) is 1. The van der Waals surface area contributed by atoms with Gasteiger partial charge in [-0.1, -0.05) is 30.4 Å². The van der Waals surface area contributed by atoms with E-state index in [0.29, 0.717) is 0 Å². The number of nitrogens with zero attached hydrogens (tertiary/aromatic N) is 1. The van der Waals surface area contributed by atoms with E-state index in [2.05, 4.69) is 49.9 Å². The third-order valence-electron chi connectivity index (χ3n) is 4.84. The standard InChI is InChI=1S/C19H29N/c1-6-11-18(12-7-2)15-17-20(16-10-5)19(18,13-8-3)14-9-4/h6-10H,1-5,11-17H2. The van der Waals surface area contributed by atoms with Gasteiger partial charge in [-0.15, -0.1) is 32.9 Å². The molecule has 0 aromatic rings. The van der Waals surface area contributed by atoms with E-state index in [1.54, 1.807) is 0 Å². The lowest BCUT2D eigenvalue weighted by Gasteiger charge is -2.49. The van der Waals surface area contributed by atoms with Gasteiger partial charge in [0.25, 0.3) is 0 Å². The van der Waals surface area contributed by atoms with E-state index in [4.69, 9.17) is 0 Å². The van der Waals surface area contributed by atoms with E-state index in [1.807, 2.05) is 18.2 Å². The molecule has 1 aliphatic heterocycles. The van der Waals surface area contributed by atoms with Crippen molar-refractivity contribution in [3.63, 3.8) is 0 Å². The Balaban J connectivity index is 3.32. The maximum Gasteiger partial charge on any atom is 0.0343 e. The molecule has 0 radical (unpaired) electrons. The van der Waals surface area contributed by atoms with Gasteiger partial charge in [0.1, 0.15) is 0 Å². The summed E-state index contributed by atoms with van der Waals surface area (Å²) in [5, 5.41) is 0. The van der Waals surface area contributed by atoms with Gasteiger partial charge >= 0.3 is 0 Å². The first-order valence-electron chi connectivity index (χ1n) is 7.46. The molecule has 0 aromatic carbocycles. The Labute approximate surface area is 125 Å². The average Bonchev–Trinajstić information content (AvgIpc) is 2.68. The van der Waals surface area contributed by atoms with Crippen LogP contribution in [-0.2, 0) is 0 Å². The fourth-order valence-corrected chi connectivity index (χ4v) is 4.03. The van der Waals surface area contributed by atoms with Crippen molar-refractivity contribution in [2.24, 2.45) is 5.41 Å². The maximum atomic E-state index is 3.99. The molecular formula is C19H29N. The van der Waals surface area contributed by atoms with Gasteiger partial charge in [-0.25, -0.2) is 0 Å².